The maximum atomic E-state index is 11.9. The second kappa shape index (κ2) is 6.14. The van der Waals surface area contributed by atoms with E-state index in [1.807, 2.05) is 16.8 Å². The predicted octanol–water partition coefficient (Wildman–Crippen LogP) is 1.53. The Morgan fingerprint density at radius 3 is 2.56 bits per heavy atom. The topological polar surface area (TPSA) is 122 Å². The van der Waals surface area contributed by atoms with E-state index in [-0.39, 0.29) is 11.7 Å². The molecule has 0 atom stereocenters. The van der Waals surface area contributed by atoms with E-state index in [0.717, 1.165) is 18.4 Å². The van der Waals surface area contributed by atoms with Crippen molar-refractivity contribution in [3.8, 4) is 11.3 Å². The molecule has 0 radical (unpaired) electrons. The molecular formula is C17H18N6O2. The molecule has 8 nitrogen and oxygen atoms in total. The van der Waals surface area contributed by atoms with Gasteiger partial charge in [-0.3, -0.25) is 4.79 Å². The molecule has 2 aromatic heterocycles. The monoisotopic (exact) mass is 338 g/mol. The molecule has 3 heterocycles. The largest absolute Gasteiger partial charge is 0.399 e. The van der Waals surface area contributed by atoms with Gasteiger partial charge in [-0.25, -0.2) is 14.6 Å². The van der Waals surface area contributed by atoms with Gasteiger partial charge >= 0.3 is 0 Å². The first-order valence-electron chi connectivity index (χ1n) is 8.12. The van der Waals surface area contributed by atoms with Crippen LogP contribution in [-0.4, -0.2) is 38.9 Å². The molecule has 1 aliphatic heterocycles. The molecular weight excluding hydrogens is 320 g/mol. The standard InChI is InChI=1S/C17H18N6O2/c18-11-3-1-10(2-4-11)14-13-15(16(19)24)20-9-21-17(13)23(22-14)12-5-7-25-8-6-12/h1-4,9,12H,5-8,18H2,(H2,19,24). The van der Waals surface area contributed by atoms with Crippen molar-refractivity contribution in [2.45, 2.75) is 18.9 Å². The Bertz CT molecular complexity index is 928. The number of nitrogen functional groups attached to an aromatic ring is 1. The summed E-state index contributed by atoms with van der Waals surface area (Å²) in [7, 11) is 0. The Morgan fingerprint density at radius 1 is 1.16 bits per heavy atom. The summed E-state index contributed by atoms with van der Waals surface area (Å²) in [6, 6.07) is 7.48. The van der Waals surface area contributed by atoms with Gasteiger partial charge in [-0.15, -0.1) is 0 Å². The number of rotatable bonds is 3. The summed E-state index contributed by atoms with van der Waals surface area (Å²) in [5.74, 6) is -0.601. The highest BCUT2D eigenvalue weighted by atomic mass is 16.5. The van der Waals surface area contributed by atoms with Gasteiger partial charge in [0.05, 0.1) is 11.4 Å². The van der Waals surface area contributed by atoms with Gasteiger partial charge in [-0.05, 0) is 25.0 Å². The number of amides is 1. The van der Waals surface area contributed by atoms with Crippen LogP contribution < -0.4 is 11.5 Å². The van der Waals surface area contributed by atoms with E-state index in [1.54, 1.807) is 12.1 Å². The van der Waals surface area contributed by atoms with Crippen molar-refractivity contribution in [2.75, 3.05) is 18.9 Å². The summed E-state index contributed by atoms with van der Waals surface area (Å²) < 4.78 is 7.31. The second-order valence-electron chi connectivity index (χ2n) is 6.04. The zero-order valence-electron chi connectivity index (χ0n) is 13.6. The third-order valence-corrected chi connectivity index (χ3v) is 4.44. The number of aromatic nitrogens is 4. The highest BCUT2D eigenvalue weighted by Gasteiger charge is 2.25. The van der Waals surface area contributed by atoms with Gasteiger partial charge in [0.1, 0.15) is 17.7 Å². The van der Waals surface area contributed by atoms with E-state index < -0.39 is 5.91 Å². The van der Waals surface area contributed by atoms with E-state index in [1.165, 1.54) is 6.33 Å². The van der Waals surface area contributed by atoms with Crippen LogP contribution in [0, 0.1) is 0 Å². The van der Waals surface area contributed by atoms with Gasteiger partial charge in [-0.2, -0.15) is 5.10 Å². The number of nitrogens with two attached hydrogens (primary N) is 2. The lowest BCUT2D eigenvalue weighted by molar-refractivity contribution is 0.0674. The zero-order valence-corrected chi connectivity index (χ0v) is 13.6. The molecule has 1 aromatic carbocycles. The lowest BCUT2D eigenvalue weighted by Gasteiger charge is -2.22. The van der Waals surface area contributed by atoms with E-state index >= 15 is 0 Å². The van der Waals surface area contributed by atoms with Crippen molar-refractivity contribution in [1.82, 2.24) is 19.7 Å². The SMILES string of the molecule is NC(=O)c1ncnc2c1c(-c1ccc(N)cc1)nn2C1CCOCC1. The molecule has 1 amide bonds. The summed E-state index contributed by atoms with van der Waals surface area (Å²) in [5.41, 5.74) is 14.2. The van der Waals surface area contributed by atoms with Gasteiger partial charge in [0.2, 0.25) is 0 Å². The number of hydrogen-bond donors (Lipinski definition) is 2. The van der Waals surface area contributed by atoms with Crippen molar-refractivity contribution >= 4 is 22.6 Å². The van der Waals surface area contributed by atoms with E-state index in [9.17, 15) is 4.79 Å². The van der Waals surface area contributed by atoms with E-state index in [2.05, 4.69) is 9.97 Å². The minimum atomic E-state index is -0.601. The fraction of sp³-hybridized carbons (Fsp3) is 0.294. The smallest absolute Gasteiger partial charge is 0.268 e. The fourth-order valence-electron chi connectivity index (χ4n) is 3.19. The van der Waals surface area contributed by atoms with Crippen molar-refractivity contribution in [3.63, 3.8) is 0 Å². The number of anilines is 1. The van der Waals surface area contributed by atoms with Crippen LogP contribution in [0.15, 0.2) is 30.6 Å². The molecule has 0 spiro atoms. The van der Waals surface area contributed by atoms with Crippen molar-refractivity contribution < 1.29 is 9.53 Å². The zero-order chi connectivity index (χ0) is 17.4. The molecule has 1 saturated heterocycles. The van der Waals surface area contributed by atoms with Crippen LogP contribution in [0.25, 0.3) is 22.3 Å². The Labute approximate surface area is 143 Å². The normalized spacial score (nSPS) is 15.5. The molecule has 3 aromatic rings. The third kappa shape index (κ3) is 2.70. The van der Waals surface area contributed by atoms with Crippen LogP contribution in [0.4, 0.5) is 5.69 Å². The molecule has 0 unspecified atom stereocenters. The number of carbonyl (C=O) groups is 1. The third-order valence-electron chi connectivity index (χ3n) is 4.44. The van der Waals surface area contributed by atoms with Crippen LogP contribution in [0.3, 0.4) is 0 Å². The summed E-state index contributed by atoms with van der Waals surface area (Å²) >= 11 is 0. The molecule has 8 heteroatoms. The Morgan fingerprint density at radius 2 is 1.88 bits per heavy atom. The van der Waals surface area contributed by atoms with Gasteiger partial charge in [-0.1, -0.05) is 12.1 Å². The average molecular weight is 338 g/mol. The minimum absolute atomic E-state index is 0.161. The number of ether oxygens (including phenoxy) is 1. The van der Waals surface area contributed by atoms with Crippen LogP contribution >= 0.6 is 0 Å². The Kier molecular flexibility index (Phi) is 3.81. The molecule has 0 bridgehead atoms. The highest BCUT2D eigenvalue weighted by molar-refractivity contribution is 6.07. The summed E-state index contributed by atoms with van der Waals surface area (Å²) in [5, 5.41) is 5.34. The molecule has 4 rings (SSSR count). The molecule has 0 aliphatic carbocycles. The Balaban J connectivity index is 1.97. The molecule has 25 heavy (non-hydrogen) atoms. The first-order chi connectivity index (χ1) is 12.1. The van der Waals surface area contributed by atoms with Gasteiger partial charge in [0.15, 0.2) is 5.65 Å². The molecule has 0 saturated carbocycles. The lowest BCUT2D eigenvalue weighted by atomic mass is 10.1. The molecule has 4 N–H and O–H groups in total. The van der Waals surface area contributed by atoms with E-state index in [4.69, 9.17) is 21.3 Å². The second-order valence-corrected chi connectivity index (χ2v) is 6.04. The predicted molar refractivity (Wildman–Crippen MR) is 92.8 cm³/mol. The quantitative estimate of drug-likeness (QED) is 0.698. The van der Waals surface area contributed by atoms with Crippen molar-refractivity contribution in [1.29, 1.82) is 0 Å². The van der Waals surface area contributed by atoms with Gasteiger partial charge in [0, 0.05) is 24.5 Å². The van der Waals surface area contributed by atoms with Crippen molar-refractivity contribution in [2.24, 2.45) is 5.73 Å². The van der Waals surface area contributed by atoms with Crippen LogP contribution in [-0.2, 0) is 4.74 Å². The first kappa shape index (κ1) is 15.5. The first-order valence-corrected chi connectivity index (χ1v) is 8.12. The van der Waals surface area contributed by atoms with Gasteiger partial charge in [0.25, 0.3) is 5.91 Å². The number of hydrogen-bond acceptors (Lipinski definition) is 6. The summed E-state index contributed by atoms with van der Waals surface area (Å²) in [6.45, 7) is 1.36. The van der Waals surface area contributed by atoms with Crippen LogP contribution in [0.1, 0.15) is 29.4 Å². The van der Waals surface area contributed by atoms with Crippen LogP contribution in [0.5, 0.6) is 0 Å². The number of fused-ring (bicyclic) bond motifs is 1. The number of carbonyl (C=O) groups excluding carboxylic acids is 1. The van der Waals surface area contributed by atoms with E-state index in [0.29, 0.717) is 35.6 Å². The average Bonchev–Trinajstić information content (AvgIpc) is 3.03. The molecule has 1 fully saturated rings. The molecule has 1 aliphatic rings. The van der Waals surface area contributed by atoms with Crippen molar-refractivity contribution in [3.05, 3.63) is 36.3 Å². The van der Waals surface area contributed by atoms with Crippen LogP contribution in [0.2, 0.25) is 0 Å². The molecule has 128 valence electrons. The Hall–Kier alpha value is -3.00. The number of primary amides is 1. The summed E-state index contributed by atoms with van der Waals surface area (Å²) in [4.78, 5) is 20.4. The number of benzene rings is 1. The maximum absolute atomic E-state index is 11.9. The lowest BCUT2D eigenvalue weighted by Crippen LogP contribution is -2.21. The summed E-state index contributed by atoms with van der Waals surface area (Å²) in [6.07, 6.45) is 3.04. The minimum Gasteiger partial charge on any atom is -0.399 e. The fourth-order valence-corrected chi connectivity index (χ4v) is 3.19. The van der Waals surface area contributed by atoms with Gasteiger partial charge < -0.3 is 16.2 Å². The number of nitrogens with zero attached hydrogens (tertiary/aromatic N) is 4. The highest BCUT2D eigenvalue weighted by Crippen LogP contribution is 2.33. The maximum Gasteiger partial charge on any atom is 0.268 e.